The monoisotopic (exact) mass is 904 g/mol. The molecule has 312 valence electrons. The van der Waals surface area contributed by atoms with E-state index >= 15 is 0 Å². The number of piperazine rings is 2. The number of rotatable bonds is 10. The van der Waals surface area contributed by atoms with Crippen LogP contribution in [0.3, 0.4) is 0 Å². The van der Waals surface area contributed by atoms with Crippen LogP contribution in [0.4, 0.5) is 0 Å². The molecule has 0 aliphatic carbocycles. The Hall–Kier alpha value is -3.80. The summed E-state index contributed by atoms with van der Waals surface area (Å²) >= 11 is 15.6. The van der Waals surface area contributed by atoms with Gasteiger partial charge in [-0.3, -0.25) is 9.80 Å². The summed E-state index contributed by atoms with van der Waals surface area (Å²) in [6.45, 7) is 12.5. The second-order valence-electron chi connectivity index (χ2n) is 15.9. The Kier molecular flexibility index (Phi) is 17.9. The molecule has 60 heavy (non-hydrogen) atoms. The average Bonchev–Trinajstić information content (AvgIpc) is 3.25. The third kappa shape index (κ3) is 14.7. The predicted octanol–water partition coefficient (Wildman–Crippen LogP) is 9.13. The zero-order chi connectivity index (χ0) is 42.3. The number of halogens is 3. The van der Waals surface area contributed by atoms with Gasteiger partial charge < -0.3 is 20.7 Å². The lowest BCUT2D eigenvalue weighted by Crippen LogP contribution is -2.51. The minimum atomic E-state index is -1.48. The molecule has 0 unspecified atom stereocenters. The van der Waals surface area contributed by atoms with Crippen LogP contribution < -0.4 is 16.1 Å². The Morgan fingerprint density at radius 2 is 1.05 bits per heavy atom. The van der Waals surface area contributed by atoms with Crippen LogP contribution in [0.5, 0.6) is 0 Å². The van der Waals surface area contributed by atoms with E-state index in [9.17, 15) is 0 Å². The van der Waals surface area contributed by atoms with E-state index < -0.39 is 7.12 Å². The minimum absolute atomic E-state index is 0.353. The highest BCUT2D eigenvalue weighted by Crippen LogP contribution is 2.29. The van der Waals surface area contributed by atoms with Gasteiger partial charge in [-0.05, 0) is 84.8 Å². The molecule has 6 nitrogen and oxygen atoms in total. The van der Waals surface area contributed by atoms with Gasteiger partial charge in [0.1, 0.15) is 0 Å². The third-order valence-electron chi connectivity index (χ3n) is 10.9. The van der Waals surface area contributed by atoms with Gasteiger partial charge in [-0.2, -0.15) is 0 Å². The quantitative estimate of drug-likeness (QED) is 0.103. The second-order valence-corrected chi connectivity index (χ2v) is 17.6. The zero-order valence-electron chi connectivity index (χ0n) is 34.6. The maximum Gasteiger partial charge on any atom is 0.489 e. The Balaban J connectivity index is 0.000000166. The lowest BCUT2D eigenvalue weighted by atomic mass is 9.79. The number of nitrogens with one attached hydrogen (secondary N) is 2. The van der Waals surface area contributed by atoms with Crippen molar-refractivity contribution in [3.8, 4) is 11.1 Å². The molecule has 2 heterocycles. The van der Waals surface area contributed by atoms with Crippen molar-refractivity contribution in [2.75, 3.05) is 39.3 Å². The lowest BCUT2D eigenvalue weighted by molar-refractivity contribution is 0.192. The van der Waals surface area contributed by atoms with E-state index in [1.807, 2.05) is 19.1 Å². The Morgan fingerprint density at radius 1 is 0.583 bits per heavy atom. The summed E-state index contributed by atoms with van der Waals surface area (Å²) in [7, 11) is -1.48. The zero-order valence-corrected chi connectivity index (χ0v) is 37.7. The van der Waals surface area contributed by atoms with Gasteiger partial charge in [0.25, 0.3) is 0 Å². The molecule has 0 aromatic heterocycles. The molecule has 8 rings (SSSR count). The largest absolute Gasteiger partial charge is 0.489 e. The number of benzene rings is 6. The molecule has 6 aromatic rings. The molecule has 0 saturated carbocycles. The number of nitrogens with zero attached hydrogens (tertiary/aromatic N) is 2. The van der Waals surface area contributed by atoms with Crippen molar-refractivity contribution >= 4 is 51.7 Å². The second kappa shape index (κ2) is 23.4. The van der Waals surface area contributed by atoms with Crippen molar-refractivity contribution in [2.45, 2.75) is 51.9 Å². The van der Waals surface area contributed by atoms with Crippen LogP contribution in [-0.2, 0) is 25.9 Å². The fourth-order valence-corrected chi connectivity index (χ4v) is 8.47. The molecule has 4 N–H and O–H groups in total. The van der Waals surface area contributed by atoms with Gasteiger partial charge in [0.2, 0.25) is 0 Å². The van der Waals surface area contributed by atoms with Gasteiger partial charge in [-0.25, -0.2) is 0 Å². The number of aryl methyl sites for hydroxylation is 2. The molecule has 2 saturated heterocycles. The number of hydrogen-bond acceptors (Lipinski definition) is 6. The Bertz CT molecular complexity index is 2200. The van der Waals surface area contributed by atoms with Crippen molar-refractivity contribution in [1.82, 2.24) is 20.4 Å². The summed E-state index contributed by atoms with van der Waals surface area (Å²) in [6.07, 6.45) is 2.19. The topological polar surface area (TPSA) is 71.0 Å². The van der Waals surface area contributed by atoms with Crippen molar-refractivity contribution in [2.24, 2.45) is 0 Å². The SMILES string of the molecule is Brc1ccc(CN2CCN[C@H](Cc3ccccc3)C2)cc1.Cc1ccc(Cl)c(-c2ccc(CN3CCN[C@H](Cc4ccccc4)C3)cc2)c1.Cc1ccc(Cl)c(B(O)O)c1. The standard InChI is InChI=1S/C25H27ClN2.C18H21BrN2.C7H8BClO2/c1-19-7-12-25(26)24(15-19)22-10-8-21(9-11-22)17-28-14-13-27-23(18-28)16-20-5-3-2-4-6-20;19-17-8-6-16(7-9-17)13-21-11-10-20-18(14-21)12-15-4-2-1-3-5-15;1-5-2-3-7(9)6(4-5)8(10)11/h2-12,15,23,27H,13-14,16-18H2,1H3;1-9,18,20H,10-14H2;2-4,10-11H,1H3/t23-;18-;/m11./s1. The van der Waals surface area contributed by atoms with Crippen molar-refractivity contribution in [3.63, 3.8) is 0 Å². The van der Waals surface area contributed by atoms with Crippen LogP contribution in [0.1, 0.15) is 33.4 Å². The van der Waals surface area contributed by atoms with E-state index in [1.54, 1.807) is 12.1 Å². The van der Waals surface area contributed by atoms with Crippen LogP contribution in [0, 0.1) is 13.8 Å². The molecule has 2 aliphatic rings. The highest BCUT2D eigenvalue weighted by molar-refractivity contribution is 9.10. The first-order valence-corrected chi connectivity index (χ1v) is 22.3. The van der Waals surface area contributed by atoms with Gasteiger partial charge in [0.15, 0.2) is 0 Å². The molecule has 10 heteroatoms. The van der Waals surface area contributed by atoms with E-state index in [0.29, 0.717) is 22.6 Å². The molecule has 6 aromatic carbocycles. The first kappa shape index (κ1) is 45.7. The van der Waals surface area contributed by atoms with E-state index in [4.69, 9.17) is 33.2 Å². The maximum atomic E-state index is 8.80. The first-order chi connectivity index (χ1) is 29.1. The molecular weight excluding hydrogens is 850 g/mol. The van der Waals surface area contributed by atoms with Crippen LogP contribution in [0.15, 0.2) is 150 Å². The molecule has 2 atom stereocenters. The Morgan fingerprint density at radius 3 is 1.53 bits per heavy atom. The van der Waals surface area contributed by atoms with Crippen LogP contribution in [0.2, 0.25) is 10.0 Å². The molecular formula is C50H56BBrCl2N4O2. The summed E-state index contributed by atoms with van der Waals surface area (Å²) in [4.78, 5) is 5.10. The molecule has 0 amide bonds. The molecule has 2 fully saturated rings. The van der Waals surface area contributed by atoms with Crippen LogP contribution in [-0.4, -0.2) is 78.3 Å². The van der Waals surface area contributed by atoms with E-state index in [0.717, 1.165) is 85.8 Å². The van der Waals surface area contributed by atoms with Crippen molar-refractivity contribution < 1.29 is 10.0 Å². The lowest BCUT2D eigenvalue weighted by Gasteiger charge is -2.34. The summed E-state index contributed by atoms with van der Waals surface area (Å²) in [5, 5.41) is 26.1. The fraction of sp³-hybridized carbons (Fsp3) is 0.280. The van der Waals surface area contributed by atoms with Crippen LogP contribution in [0.25, 0.3) is 11.1 Å². The smallest absolute Gasteiger partial charge is 0.423 e. The summed E-state index contributed by atoms with van der Waals surface area (Å²) in [5.74, 6) is 0. The molecule has 0 bridgehead atoms. The minimum Gasteiger partial charge on any atom is -0.423 e. The molecule has 2 aliphatic heterocycles. The van der Waals surface area contributed by atoms with Gasteiger partial charge in [-0.15, -0.1) is 0 Å². The third-order valence-corrected chi connectivity index (χ3v) is 12.1. The highest BCUT2D eigenvalue weighted by atomic mass is 79.9. The predicted molar refractivity (Wildman–Crippen MR) is 256 cm³/mol. The van der Waals surface area contributed by atoms with E-state index in [2.05, 4.69) is 165 Å². The summed E-state index contributed by atoms with van der Waals surface area (Å²) in [5.41, 5.74) is 10.4. The molecule has 0 spiro atoms. The van der Waals surface area contributed by atoms with Gasteiger partial charge in [-0.1, -0.05) is 166 Å². The molecule has 0 radical (unpaired) electrons. The van der Waals surface area contributed by atoms with E-state index in [-0.39, 0.29) is 0 Å². The van der Waals surface area contributed by atoms with Gasteiger partial charge in [0.05, 0.1) is 0 Å². The average molecular weight is 907 g/mol. The van der Waals surface area contributed by atoms with Crippen LogP contribution >= 0.6 is 39.1 Å². The normalized spacial score (nSPS) is 16.9. The highest BCUT2D eigenvalue weighted by Gasteiger charge is 2.21. The summed E-state index contributed by atoms with van der Waals surface area (Å²) in [6, 6.07) is 51.4. The fourth-order valence-electron chi connectivity index (χ4n) is 7.76. The summed E-state index contributed by atoms with van der Waals surface area (Å²) < 4.78 is 1.15. The maximum absolute atomic E-state index is 8.80. The van der Waals surface area contributed by atoms with Crippen molar-refractivity contribution in [1.29, 1.82) is 0 Å². The number of hydrogen-bond donors (Lipinski definition) is 4. The Labute approximate surface area is 375 Å². The van der Waals surface area contributed by atoms with Gasteiger partial charge >= 0.3 is 7.12 Å². The van der Waals surface area contributed by atoms with Gasteiger partial charge in [0, 0.05) is 90.0 Å². The van der Waals surface area contributed by atoms with Crippen molar-refractivity contribution in [3.05, 3.63) is 193 Å². The van der Waals surface area contributed by atoms with E-state index in [1.165, 1.54) is 33.4 Å². The first-order valence-electron chi connectivity index (χ1n) is 20.8.